The standard InChI is InChI=1S/C32H41N5O5/c1-7-41-31(40)36-17-15-35(16-18-36)30(39)23(3)37-20-28(22(2)34-37)33-29(38)25-10-8-9-24(19-25)21-42-27-13-11-26(12-14-27)32(4,5)6/h8-14,19-20,23H,7,15-18,21H2,1-6H3,(H,33,38). The zero-order valence-corrected chi connectivity index (χ0v) is 25.3. The third-order valence-corrected chi connectivity index (χ3v) is 7.35. The summed E-state index contributed by atoms with van der Waals surface area (Å²) in [7, 11) is 0. The van der Waals surface area contributed by atoms with Crippen LogP contribution in [0.1, 0.15) is 67.8 Å². The summed E-state index contributed by atoms with van der Waals surface area (Å²) in [6.45, 7) is 14.2. The fourth-order valence-corrected chi connectivity index (χ4v) is 4.72. The monoisotopic (exact) mass is 575 g/mol. The van der Waals surface area contributed by atoms with Crippen molar-refractivity contribution in [2.45, 2.75) is 59.6 Å². The fraction of sp³-hybridized carbons (Fsp3) is 0.438. The van der Waals surface area contributed by atoms with Gasteiger partial charge in [0.05, 0.1) is 18.0 Å². The van der Waals surface area contributed by atoms with Crippen LogP contribution >= 0.6 is 0 Å². The van der Waals surface area contributed by atoms with Gasteiger partial charge in [-0.1, -0.05) is 45.0 Å². The maximum atomic E-state index is 13.2. The van der Waals surface area contributed by atoms with Crippen molar-refractivity contribution in [2.24, 2.45) is 0 Å². The van der Waals surface area contributed by atoms with E-state index in [9.17, 15) is 14.4 Å². The van der Waals surface area contributed by atoms with Crippen molar-refractivity contribution in [2.75, 3.05) is 38.1 Å². The number of rotatable bonds is 8. The molecule has 0 radical (unpaired) electrons. The molecule has 1 atom stereocenters. The van der Waals surface area contributed by atoms with Gasteiger partial charge < -0.3 is 24.6 Å². The number of ether oxygens (including phenoxy) is 2. The first-order valence-corrected chi connectivity index (χ1v) is 14.4. The molecule has 2 aromatic carbocycles. The number of anilines is 1. The van der Waals surface area contributed by atoms with Crippen molar-refractivity contribution in [3.63, 3.8) is 0 Å². The highest BCUT2D eigenvalue weighted by Gasteiger charge is 2.29. The van der Waals surface area contributed by atoms with E-state index >= 15 is 0 Å². The van der Waals surface area contributed by atoms with E-state index in [1.165, 1.54) is 5.56 Å². The largest absolute Gasteiger partial charge is 0.489 e. The maximum Gasteiger partial charge on any atom is 0.409 e. The highest BCUT2D eigenvalue weighted by molar-refractivity contribution is 6.04. The van der Waals surface area contributed by atoms with Crippen LogP contribution in [0.4, 0.5) is 10.5 Å². The van der Waals surface area contributed by atoms with E-state index in [2.05, 4.69) is 43.3 Å². The Balaban J connectivity index is 1.34. The lowest BCUT2D eigenvalue weighted by atomic mass is 9.87. The molecule has 0 saturated carbocycles. The minimum atomic E-state index is -0.568. The second kappa shape index (κ2) is 13.1. The van der Waals surface area contributed by atoms with Crippen LogP contribution in [0.2, 0.25) is 0 Å². The van der Waals surface area contributed by atoms with E-state index in [1.54, 1.807) is 53.6 Å². The van der Waals surface area contributed by atoms with Crippen LogP contribution in [-0.2, 0) is 21.6 Å². The van der Waals surface area contributed by atoms with Crippen LogP contribution in [0.15, 0.2) is 54.7 Å². The van der Waals surface area contributed by atoms with Crippen LogP contribution in [0.5, 0.6) is 5.75 Å². The molecule has 3 aromatic rings. The van der Waals surface area contributed by atoms with E-state index in [1.807, 2.05) is 24.3 Å². The van der Waals surface area contributed by atoms with E-state index in [-0.39, 0.29) is 23.3 Å². The SMILES string of the molecule is CCOC(=O)N1CCN(C(=O)C(C)n2cc(NC(=O)c3cccc(COc4ccc(C(C)(C)C)cc4)c3)c(C)n2)CC1. The third kappa shape index (κ3) is 7.48. The molecular formula is C32H41N5O5. The summed E-state index contributed by atoms with van der Waals surface area (Å²) >= 11 is 0. The first-order chi connectivity index (χ1) is 20.0. The van der Waals surface area contributed by atoms with E-state index < -0.39 is 6.04 Å². The Hall–Kier alpha value is -4.34. The minimum absolute atomic E-state index is 0.0745. The van der Waals surface area contributed by atoms with Gasteiger partial charge in [-0.25, -0.2) is 4.79 Å². The second-order valence-electron chi connectivity index (χ2n) is 11.5. The zero-order chi connectivity index (χ0) is 30.4. The highest BCUT2D eigenvalue weighted by atomic mass is 16.6. The van der Waals surface area contributed by atoms with E-state index in [0.29, 0.717) is 56.3 Å². The molecule has 1 unspecified atom stereocenters. The number of nitrogens with zero attached hydrogens (tertiary/aromatic N) is 4. The molecule has 1 aromatic heterocycles. The fourth-order valence-electron chi connectivity index (χ4n) is 4.72. The average Bonchev–Trinajstić information content (AvgIpc) is 3.35. The summed E-state index contributed by atoms with van der Waals surface area (Å²) in [6, 6.07) is 14.8. The zero-order valence-electron chi connectivity index (χ0n) is 25.3. The number of carbonyl (C=O) groups is 3. The van der Waals surface area contributed by atoms with Crippen molar-refractivity contribution < 1.29 is 23.9 Å². The number of amides is 3. The molecule has 42 heavy (non-hydrogen) atoms. The summed E-state index contributed by atoms with van der Waals surface area (Å²) in [4.78, 5) is 41.6. The molecule has 1 aliphatic rings. The molecule has 0 spiro atoms. The van der Waals surface area contributed by atoms with Gasteiger partial charge in [-0.3, -0.25) is 14.3 Å². The number of hydrogen-bond donors (Lipinski definition) is 1. The van der Waals surface area contributed by atoms with Gasteiger partial charge in [-0.05, 0) is 61.6 Å². The predicted octanol–water partition coefficient (Wildman–Crippen LogP) is 5.18. The van der Waals surface area contributed by atoms with Gasteiger partial charge in [0, 0.05) is 37.9 Å². The van der Waals surface area contributed by atoms with Crippen LogP contribution < -0.4 is 10.1 Å². The number of benzene rings is 2. The predicted molar refractivity (Wildman–Crippen MR) is 161 cm³/mol. The summed E-state index contributed by atoms with van der Waals surface area (Å²) < 4.78 is 12.6. The first kappa shape index (κ1) is 30.6. The Morgan fingerprint density at radius 1 is 1.00 bits per heavy atom. The smallest absolute Gasteiger partial charge is 0.409 e. The molecule has 1 N–H and O–H groups in total. The Morgan fingerprint density at radius 3 is 2.31 bits per heavy atom. The molecule has 10 nitrogen and oxygen atoms in total. The van der Waals surface area contributed by atoms with Gasteiger partial charge in [-0.15, -0.1) is 0 Å². The molecule has 4 rings (SSSR count). The Labute approximate surface area is 247 Å². The van der Waals surface area contributed by atoms with Gasteiger partial charge in [0.1, 0.15) is 18.4 Å². The Morgan fingerprint density at radius 2 is 1.67 bits per heavy atom. The van der Waals surface area contributed by atoms with Crippen LogP contribution in [0, 0.1) is 6.92 Å². The molecule has 1 saturated heterocycles. The lowest BCUT2D eigenvalue weighted by Gasteiger charge is -2.35. The number of aromatic nitrogens is 2. The van der Waals surface area contributed by atoms with Crippen molar-refractivity contribution in [1.29, 1.82) is 0 Å². The molecule has 1 fully saturated rings. The van der Waals surface area contributed by atoms with Crippen LogP contribution in [0.25, 0.3) is 0 Å². The van der Waals surface area contributed by atoms with Crippen molar-refractivity contribution >= 4 is 23.6 Å². The number of piperazine rings is 1. The topological polar surface area (TPSA) is 106 Å². The van der Waals surface area contributed by atoms with Gasteiger partial charge in [-0.2, -0.15) is 5.10 Å². The van der Waals surface area contributed by atoms with E-state index in [0.717, 1.165) is 11.3 Å². The van der Waals surface area contributed by atoms with E-state index in [4.69, 9.17) is 9.47 Å². The summed E-state index contributed by atoms with van der Waals surface area (Å²) in [5.74, 6) is 0.396. The number of nitrogens with one attached hydrogen (secondary N) is 1. The quantitative estimate of drug-likeness (QED) is 0.397. The molecule has 0 bridgehead atoms. The van der Waals surface area contributed by atoms with Crippen molar-refractivity contribution in [3.05, 3.63) is 77.1 Å². The normalized spacial score (nSPS) is 14.3. The molecule has 3 amide bonds. The molecule has 1 aliphatic heterocycles. The van der Waals surface area contributed by atoms with Crippen molar-refractivity contribution in [1.82, 2.24) is 19.6 Å². The second-order valence-corrected chi connectivity index (χ2v) is 11.5. The summed E-state index contributed by atoms with van der Waals surface area (Å²) in [6.07, 6.45) is 1.32. The lowest BCUT2D eigenvalue weighted by Crippen LogP contribution is -2.52. The van der Waals surface area contributed by atoms with Crippen LogP contribution in [-0.4, -0.2) is 70.3 Å². The number of carbonyl (C=O) groups excluding carboxylic acids is 3. The number of aryl methyl sites for hydroxylation is 1. The minimum Gasteiger partial charge on any atom is -0.489 e. The first-order valence-electron chi connectivity index (χ1n) is 14.4. The molecular weight excluding hydrogens is 534 g/mol. The van der Waals surface area contributed by atoms with Crippen molar-refractivity contribution in [3.8, 4) is 5.75 Å². The average molecular weight is 576 g/mol. The highest BCUT2D eigenvalue weighted by Crippen LogP contribution is 2.25. The number of hydrogen-bond acceptors (Lipinski definition) is 6. The summed E-state index contributed by atoms with van der Waals surface area (Å²) in [5, 5.41) is 7.42. The Kier molecular flexibility index (Phi) is 9.55. The van der Waals surface area contributed by atoms with Gasteiger partial charge in [0.25, 0.3) is 5.91 Å². The third-order valence-electron chi connectivity index (χ3n) is 7.35. The summed E-state index contributed by atoms with van der Waals surface area (Å²) in [5.41, 5.74) is 3.82. The molecule has 0 aliphatic carbocycles. The molecule has 224 valence electrons. The van der Waals surface area contributed by atoms with Gasteiger partial charge in [0.15, 0.2) is 0 Å². The Bertz CT molecular complexity index is 1400. The maximum absolute atomic E-state index is 13.2. The van der Waals surface area contributed by atoms with Gasteiger partial charge in [0.2, 0.25) is 5.91 Å². The molecule has 2 heterocycles. The van der Waals surface area contributed by atoms with Crippen LogP contribution in [0.3, 0.4) is 0 Å². The molecule has 10 heteroatoms. The lowest BCUT2D eigenvalue weighted by molar-refractivity contribution is -0.136. The van der Waals surface area contributed by atoms with Gasteiger partial charge >= 0.3 is 6.09 Å².